The predicted molar refractivity (Wildman–Crippen MR) is 144 cm³/mol. The minimum absolute atomic E-state index is 0.0183. The minimum Gasteiger partial charge on any atom is -0.493 e. The van der Waals surface area contributed by atoms with Gasteiger partial charge in [0.05, 0.1) is 13.7 Å². The number of fused-ring (bicyclic) bond motifs is 1. The summed E-state index contributed by atoms with van der Waals surface area (Å²) in [7, 11) is 1.59. The van der Waals surface area contributed by atoms with Crippen LogP contribution in [0.15, 0.2) is 58.7 Å². The normalized spacial score (nSPS) is 20.4. The van der Waals surface area contributed by atoms with Gasteiger partial charge >= 0.3 is 0 Å². The van der Waals surface area contributed by atoms with Gasteiger partial charge in [0.1, 0.15) is 6.61 Å². The highest BCUT2D eigenvalue weighted by Crippen LogP contribution is 2.46. The van der Waals surface area contributed by atoms with Gasteiger partial charge in [-0.3, -0.25) is 9.59 Å². The monoisotopic (exact) mass is 492 g/mol. The number of allylic oxidation sites excluding steroid dienone is 8. The van der Waals surface area contributed by atoms with Crippen molar-refractivity contribution in [3.63, 3.8) is 0 Å². The molecule has 0 amide bonds. The molecule has 0 bridgehead atoms. The standard InChI is InChI=1S/C31H40O5/c1-8-10-27(33)21-13-19(3)24-14-20(23(9-2)25(24)15-21)17-28(34)22-16-26(31(4,5)6)30(35-7)29(18-22)36-12-11-32/h9,13-16,18,20,25,32H,8,10-12,17H2,1-7H3/b23-9+. The first kappa shape index (κ1) is 27.7. The first-order chi connectivity index (χ1) is 17.0. The predicted octanol–water partition coefficient (Wildman–Crippen LogP) is 6.31. The number of rotatable bonds is 10. The van der Waals surface area contributed by atoms with Crippen LogP contribution >= 0.6 is 0 Å². The van der Waals surface area contributed by atoms with E-state index in [9.17, 15) is 14.7 Å². The van der Waals surface area contributed by atoms with E-state index in [2.05, 4.69) is 39.0 Å². The van der Waals surface area contributed by atoms with Crippen LogP contribution in [0.25, 0.3) is 0 Å². The van der Waals surface area contributed by atoms with Crippen LogP contribution in [0.3, 0.4) is 0 Å². The molecule has 0 spiro atoms. The number of hydrogen-bond acceptors (Lipinski definition) is 5. The van der Waals surface area contributed by atoms with Crippen LogP contribution in [0.2, 0.25) is 0 Å². The van der Waals surface area contributed by atoms with Crippen molar-refractivity contribution in [3.8, 4) is 11.5 Å². The Hall–Kier alpha value is -2.92. The van der Waals surface area contributed by atoms with Crippen molar-refractivity contribution in [2.24, 2.45) is 11.8 Å². The van der Waals surface area contributed by atoms with Gasteiger partial charge in [0.2, 0.25) is 0 Å². The van der Waals surface area contributed by atoms with E-state index in [1.165, 1.54) is 5.57 Å². The molecule has 0 saturated carbocycles. The molecule has 0 aliphatic heterocycles. The molecule has 2 atom stereocenters. The van der Waals surface area contributed by atoms with Crippen LogP contribution in [0.5, 0.6) is 11.5 Å². The first-order valence-corrected chi connectivity index (χ1v) is 12.9. The van der Waals surface area contributed by atoms with E-state index in [1.807, 2.05) is 32.9 Å². The summed E-state index contributed by atoms with van der Waals surface area (Å²) in [5.41, 5.74) is 5.40. The van der Waals surface area contributed by atoms with Gasteiger partial charge in [0, 0.05) is 41.4 Å². The number of aliphatic hydroxyl groups excluding tert-OH is 1. The smallest absolute Gasteiger partial charge is 0.164 e. The highest BCUT2D eigenvalue weighted by molar-refractivity contribution is 5.99. The zero-order valence-electron chi connectivity index (χ0n) is 22.7. The molecule has 1 aromatic rings. The molecule has 2 unspecified atom stereocenters. The fraction of sp³-hybridized carbons (Fsp3) is 0.484. The molecular weight excluding hydrogens is 452 g/mol. The molecule has 1 N–H and O–H groups in total. The van der Waals surface area contributed by atoms with Crippen molar-refractivity contribution < 1.29 is 24.2 Å². The Morgan fingerprint density at radius 2 is 1.86 bits per heavy atom. The number of aliphatic hydroxyl groups is 1. The van der Waals surface area contributed by atoms with Gasteiger partial charge in [-0.2, -0.15) is 0 Å². The van der Waals surface area contributed by atoms with Crippen LogP contribution in [-0.2, 0) is 10.2 Å². The van der Waals surface area contributed by atoms with Crippen LogP contribution in [-0.4, -0.2) is 37.0 Å². The van der Waals surface area contributed by atoms with Gasteiger partial charge in [-0.25, -0.2) is 0 Å². The van der Waals surface area contributed by atoms with E-state index < -0.39 is 0 Å². The number of hydrogen-bond donors (Lipinski definition) is 1. The van der Waals surface area contributed by atoms with Crippen LogP contribution in [0, 0.1) is 11.8 Å². The average Bonchev–Trinajstić information content (AvgIpc) is 3.18. The molecule has 1 aromatic carbocycles. The lowest BCUT2D eigenvalue weighted by molar-refractivity contribution is -0.115. The molecule has 194 valence electrons. The third-order valence-electron chi connectivity index (χ3n) is 6.95. The molecular formula is C31H40O5. The number of ether oxygens (including phenoxy) is 2. The highest BCUT2D eigenvalue weighted by Gasteiger charge is 2.35. The van der Waals surface area contributed by atoms with Crippen molar-refractivity contribution in [3.05, 3.63) is 69.9 Å². The first-order valence-electron chi connectivity index (χ1n) is 12.9. The van der Waals surface area contributed by atoms with Gasteiger partial charge < -0.3 is 14.6 Å². The second-order valence-electron chi connectivity index (χ2n) is 10.6. The summed E-state index contributed by atoms with van der Waals surface area (Å²) in [6.07, 6.45) is 10.0. The number of ketones is 2. The maximum absolute atomic E-state index is 13.6. The van der Waals surface area contributed by atoms with Crippen molar-refractivity contribution in [2.45, 2.75) is 66.2 Å². The van der Waals surface area contributed by atoms with Gasteiger partial charge in [0.25, 0.3) is 0 Å². The molecule has 0 aromatic heterocycles. The van der Waals surface area contributed by atoms with E-state index in [0.29, 0.717) is 29.9 Å². The summed E-state index contributed by atoms with van der Waals surface area (Å²) < 4.78 is 11.4. The number of carbonyl (C=O) groups is 2. The molecule has 2 aliphatic rings. The average molecular weight is 493 g/mol. The second-order valence-corrected chi connectivity index (χ2v) is 10.6. The topological polar surface area (TPSA) is 72.8 Å². The third kappa shape index (κ3) is 5.73. The maximum atomic E-state index is 13.6. The fourth-order valence-corrected chi connectivity index (χ4v) is 5.16. The largest absolute Gasteiger partial charge is 0.493 e. The summed E-state index contributed by atoms with van der Waals surface area (Å²) in [4.78, 5) is 26.2. The van der Waals surface area contributed by atoms with Crippen LogP contribution < -0.4 is 9.47 Å². The van der Waals surface area contributed by atoms with E-state index in [1.54, 1.807) is 13.2 Å². The van der Waals surface area contributed by atoms with Gasteiger partial charge in [-0.05, 0) is 55.0 Å². The Kier molecular flexibility index (Phi) is 8.78. The highest BCUT2D eigenvalue weighted by atomic mass is 16.5. The number of carbonyl (C=O) groups excluding carboxylic acids is 2. The summed E-state index contributed by atoms with van der Waals surface area (Å²) in [6, 6.07) is 3.63. The summed E-state index contributed by atoms with van der Waals surface area (Å²) in [5, 5.41) is 9.27. The van der Waals surface area contributed by atoms with Crippen LogP contribution in [0.4, 0.5) is 0 Å². The lowest BCUT2D eigenvalue weighted by Gasteiger charge is -2.25. The zero-order chi connectivity index (χ0) is 26.6. The Morgan fingerprint density at radius 1 is 1.14 bits per heavy atom. The SMILES string of the molecule is C/C=C1\C(CC(=O)c2cc(OCCO)c(OC)c(C(C)(C)C)c2)C=C2C(C)=CC(C(=O)CCC)=CC21. The Bertz CT molecular complexity index is 1140. The van der Waals surface area contributed by atoms with Crippen LogP contribution in [0.1, 0.15) is 76.7 Å². The quantitative estimate of drug-likeness (QED) is 0.306. The Labute approximate surface area is 215 Å². The molecule has 0 saturated heterocycles. The molecule has 0 heterocycles. The van der Waals surface area contributed by atoms with Crippen molar-refractivity contribution >= 4 is 11.6 Å². The van der Waals surface area contributed by atoms with E-state index >= 15 is 0 Å². The van der Waals surface area contributed by atoms with E-state index in [-0.39, 0.29) is 42.0 Å². The molecule has 36 heavy (non-hydrogen) atoms. The maximum Gasteiger partial charge on any atom is 0.164 e. The summed E-state index contributed by atoms with van der Waals surface area (Å²) in [6.45, 7) is 12.3. The lowest BCUT2D eigenvalue weighted by atomic mass is 9.81. The Balaban J connectivity index is 1.94. The molecule has 2 aliphatic carbocycles. The molecule has 0 radical (unpaired) electrons. The third-order valence-corrected chi connectivity index (χ3v) is 6.95. The minimum atomic E-state index is -0.272. The van der Waals surface area contributed by atoms with Crippen molar-refractivity contribution in [1.29, 1.82) is 0 Å². The van der Waals surface area contributed by atoms with E-state index in [0.717, 1.165) is 28.7 Å². The zero-order valence-corrected chi connectivity index (χ0v) is 22.7. The number of methoxy groups -OCH3 is 1. The summed E-state index contributed by atoms with van der Waals surface area (Å²) in [5.74, 6) is 1.25. The molecule has 5 heteroatoms. The Morgan fingerprint density at radius 3 is 2.44 bits per heavy atom. The molecule has 5 nitrogen and oxygen atoms in total. The lowest BCUT2D eigenvalue weighted by Crippen LogP contribution is -2.17. The number of Topliss-reactive ketones (excluding diaryl/α,β-unsaturated/α-hetero) is 2. The van der Waals surface area contributed by atoms with E-state index in [4.69, 9.17) is 9.47 Å². The van der Waals surface area contributed by atoms with Crippen molar-refractivity contribution in [1.82, 2.24) is 0 Å². The molecule has 3 rings (SSSR count). The second kappa shape index (κ2) is 11.4. The molecule has 0 fully saturated rings. The summed E-state index contributed by atoms with van der Waals surface area (Å²) >= 11 is 0. The van der Waals surface area contributed by atoms with Crippen molar-refractivity contribution in [2.75, 3.05) is 20.3 Å². The number of benzene rings is 1. The fourth-order valence-electron chi connectivity index (χ4n) is 5.16. The van der Waals surface area contributed by atoms with Gasteiger partial charge in [-0.15, -0.1) is 0 Å². The van der Waals surface area contributed by atoms with Gasteiger partial charge in [-0.1, -0.05) is 51.5 Å². The van der Waals surface area contributed by atoms with Gasteiger partial charge in [0.15, 0.2) is 23.1 Å².